The molecule has 0 aliphatic rings. The summed E-state index contributed by atoms with van der Waals surface area (Å²) in [5.74, 6) is 1.01. The van der Waals surface area contributed by atoms with Gasteiger partial charge < -0.3 is 9.73 Å². The Bertz CT molecular complexity index is 740. The van der Waals surface area contributed by atoms with Gasteiger partial charge >= 0.3 is 0 Å². The first kappa shape index (κ1) is 14.1. The van der Waals surface area contributed by atoms with Gasteiger partial charge in [0, 0.05) is 5.39 Å². The highest BCUT2D eigenvalue weighted by atomic mass is 32.2. The molecule has 7 heteroatoms. The molecule has 3 rings (SSSR count). The van der Waals surface area contributed by atoms with Crippen molar-refractivity contribution in [2.75, 3.05) is 5.75 Å². The van der Waals surface area contributed by atoms with Gasteiger partial charge in [0.25, 0.3) is 0 Å². The zero-order valence-electron chi connectivity index (χ0n) is 11.3. The lowest BCUT2D eigenvalue weighted by molar-refractivity contribution is -0.119. The fraction of sp³-hybridized carbons (Fsp3) is 0.214. The first-order chi connectivity index (χ1) is 10.2. The van der Waals surface area contributed by atoms with Crippen molar-refractivity contribution in [1.29, 1.82) is 0 Å². The number of hydrogen-bond acceptors (Lipinski definition) is 6. The average molecular weight is 319 g/mol. The molecule has 0 saturated heterocycles. The van der Waals surface area contributed by atoms with Crippen LogP contribution in [0.25, 0.3) is 10.2 Å². The highest BCUT2D eigenvalue weighted by molar-refractivity contribution is 8.00. The number of nitrogens with one attached hydrogen (secondary N) is 1. The van der Waals surface area contributed by atoms with E-state index in [1.54, 1.807) is 23.7 Å². The van der Waals surface area contributed by atoms with Crippen LogP contribution in [0.4, 0.5) is 0 Å². The van der Waals surface area contributed by atoms with E-state index in [2.05, 4.69) is 15.3 Å². The standard InChI is InChI=1S/C14H13N3O2S2/c1-9(11-3-2-5-19-11)17-12(18)7-21-14-10-4-6-20-13(10)15-8-16-14/h2-6,8-9H,7H2,1H3,(H,17,18). The third-order valence-corrected chi connectivity index (χ3v) is 4.74. The van der Waals surface area contributed by atoms with Gasteiger partial charge in [0.05, 0.1) is 18.1 Å². The van der Waals surface area contributed by atoms with Crippen LogP contribution in [0, 0.1) is 0 Å². The Balaban J connectivity index is 1.60. The van der Waals surface area contributed by atoms with Gasteiger partial charge in [0.15, 0.2) is 0 Å². The van der Waals surface area contributed by atoms with E-state index in [1.165, 1.54) is 18.1 Å². The lowest BCUT2D eigenvalue weighted by Gasteiger charge is -2.11. The van der Waals surface area contributed by atoms with E-state index in [9.17, 15) is 4.79 Å². The molecule has 3 heterocycles. The Labute approximate surface area is 129 Å². The number of carbonyl (C=O) groups excluding carboxylic acids is 1. The van der Waals surface area contributed by atoms with Crippen LogP contribution in [0.3, 0.4) is 0 Å². The summed E-state index contributed by atoms with van der Waals surface area (Å²) in [4.78, 5) is 21.4. The van der Waals surface area contributed by atoms with Crippen LogP contribution in [0.2, 0.25) is 0 Å². The van der Waals surface area contributed by atoms with Crippen molar-refractivity contribution in [2.24, 2.45) is 0 Å². The minimum atomic E-state index is -0.139. The number of rotatable bonds is 5. The molecular formula is C14H13N3O2S2. The van der Waals surface area contributed by atoms with E-state index in [4.69, 9.17) is 4.42 Å². The second-order valence-electron chi connectivity index (χ2n) is 4.41. The molecule has 0 bridgehead atoms. The number of aromatic nitrogens is 2. The number of thiophene rings is 1. The van der Waals surface area contributed by atoms with Crippen LogP contribution in [0.15, 0.2) is 45.6 Å². The largest absolute Gasteiger partial charge is 0.467 e. The molecule has 3 aromatic rings. The van der Waals surface area contributed by atoms with Crippen molar-refractivity contribution in [1.82, 2.24) is 15.3 Å². The van der Waals surface area contributed by atoms with Crippen LogP contribution in [-0.2, 0) is 4.79 Å². The second-order valence-corrected chi connectivity index (χ2v) is 6.27. The van der Waals surface area contributed by atoms with Gasteiger partial charge in [-0.05, 0) is 30.5 Å². The first-order valence-electron chi connectivity index (χ1n) is 6.38. The number of thioether (sulfide) groups is 1. The van der Waals surface area contributed by atoms with Crippen LogP contribution in [0.5, 0.6) is 0 Å². The van der Waals surface area contributed by atoms with Crippen molar-refractivity contribution < 1.29 is 9.21 Å². The van der Waals surface area contributed by atoms with E-state index < -0.39 is 0 Å². The SMILES string of the molecule is CC(NC(=O)CSc1ncnc2sccc12)c1ccco1. The zero-order valence-corrected chi connectivity index (χ0v) is 12.9. The Morgan fingerprint density at radius 2 is 2.38 bits per heavy atom. The van der Waals surface area contributed by atoms with Crippen molar-refractivity contribution >= 4 is 39.2 Å². The molecule has 0 aliphatic heterocycles. The molecule has 1 N–H and O–H groups in total. The zero-order chi connectivity index (χ0) is 14.7. The average Bonchev–Trinajstić information content (AvgIpc) is 3.15. The van der Waals surface area contributed by atoms with Crippen LogP contribution in [-0.4, -0.2) is 21.6 Å². The summed E-state index contributed by atoms with van der Waals surface area (Å²) in [5, 5.41) is 6.71. The fourth-order valence-corrected chi connectivity index (χ4v) is 3.50. The molecule has 0 aromatic carbocycles. The predicted molar refractivity (Wildman–Crippen MR) is 83.4 cm³/mol. The number of fused-ring (bicyclic) bond motifs is 1. The molecule has 1 amide bonds. The Kier molecular flexibility index (Phi) is 4.21. The summed E-state index contributed by atoms with van der Waals surface area (Å²) in [5.41, 5.74) is 0. The minimum absolute atomic E-state index is 0.0501. The van der Waals surface area contributed by atoms with Crippen molar-refractivity contribution in [3.63, 3.8) is 0 Å². The monoisotopic (exact) mass is 319 g/mol. The van der Waals surface area contributed by atoms with E-state index in [0.717, 1.165) is 21.0 Å². The van der Waals surface area contributed by atoms with Crippen molar-refractivity contribution in [2.45, 2.75) is 18.0 Å². The molecule has 1 unspecified atom stereocenters. The molecular weight excluding hydrogens is 306 g/mol. The first-order valence-corrected chi connectivity index (χ1v) is 8.24. The minimum Gasteiger partial charge on any atom is -0.467 e. The quantitative estimate of drug-likeness (QED) is 0.577. The van der Waals surface area contributed by atoms with Gasteiger partial charge in [0.1, 0.15) is 21.9 Å². The number of furan rings is 1. The van der Waals surface area contributed by atoms with Gasteiger partial charge in [-0.25, -0.2) is 9.97 Å². The summed E-state index contributed by atoms with van der Waals surface area (Å²) >= 11 is 2.98. The molecule has 1 atom stereocenters. The fourth-order valence-electron chi connectivity index (χ4n) is 1.91. The van der Waals surface area contributed by atoms with E-state index in [0.29, 0.717) is 5.75 Å². The lowest BCUT2D eigenvalue weighted by atomic mass is 10.2. The predicted octanol–water partition coefficient (Wildman–Crippen LogP) is 3.25. The topological polar surface area (TPSA) is 68.0 Å². The summed E-state index contributed by atoms with van der Waals surface area (Å²) in [6.07, 6.45) is 3.13. The highest BCUT2D eigenvalue weighted by Crippen LogP contribution is 2.27. The van der Waals surface area contributed by atoms with Gasteiger partial charge in [-0.1, -0.05) is 11.8 Å². The molecule has 0 aliphatic carbocycles. The number of nitrogens with zero attached hydrogens (tertiary/aromatic N) is 2. The number of hydrogen-bond donors (Lipinski definition) is 1. The molecule has 3 aromatic heterocycles. The van der Waals surface area contributed by atoms with Crippen LogP contribution in [0.1, 0.15) is 18.7 Å². The van der Waals surface area contributed by atoms with Gasteiger partial charge in [-0.3, -0.25) is 4.79 Å². The maximum Gasteiger partial charge on any atom is 0.230 e. The maximum atomic E-state index is 12.0. The van der Waals surface area contributed by atoms with Gasteiger partial charge in [-0.15, -0.1) is 11.3 Å². The number of amides is 1. The van der Waals surface area contributed by atoms with E-state index in [1.807, 2.05) is 24.4 Å². The molecule has 0 fully saturated rings. The van der Waals surface area contributed by atoms with E-state index >= 15 is 0 Å². The maximum absolute atomic E-state index is 12.0. The molecule has 21 heavy (non-hydrogen) atoms. The Hall–Kier alpha value is -1.86. The molecule has 0 spiro atoms. The van der Waals surface area contributed by atoms with Crippen LogP contribution < -0.4 is 5.32 Å². The summed E-state index contributed by atoms with van der Waals surface area (Å²) < 4.78 is 5.27. The van der Waals surface area contributed by atoms with Crippen LogP contribution >= 0.6 is 23.1 Å². The smallest absolute Gasteiger partial charge is 0.230 e. The number of carbonyl (C=O) groups is 1. The Morgan fingerprint density at radius 1 is 1.48 bits per heavy atom. The molecule has 0 radical (unpaired) electrons. The molecule has 5 nitrogen and oxygen atoms in total. The summed E-state index contributed by atoms with van der Waals surface area (Å²) in [7, 11) is 0. The van der Waals surface area contributed by atoms with Gasteiger partial charge in [-0.2, -0.15) is 0 Å². The third kappa shape index (κ3) is 3.25. The highest BCUT2D eigenvalue weighted by Gasteiger charge is 2.13. The normalized spacial score (nSPS) is 12.4. The summed E-state index contributed by atoms with van der Waals surface area (Å²) in [6.45, 7) is 1.89. The summed E-state index contributed by atoms with van der Waals surface area (Å²) in [6, 6.07) is 5.49. The molecule has 0 saturated carbocycles. The lowest BCUT2D eigenvalue weighted by Crippen LogP contribution is -2.27. The van der Waals surface area contributed by atoms with Gasteiger partial charge in [0.2, 0.25) is 5.91 Å². The van der Waals surface area contributed by atoms with Crippen molar-refractivity contribution in [3.05, 3.63) is 41.9 Å². The third-order valence-electron chi connectivity index (χ3n) is 2.91. The molecule has 108 valence electrons. The van der Waals surface area contributed by atoms with E-state index in [-0.39, 0.29) is 11.9 Å². The Morgan fingerprint density at radius 3 is 3.19 bits per heavy atom. The van der Waals surface area contributed by atoms with Crippen molar-refractivity contribution in [3.8, 4) is 0 Å². The second kappa shape index (κ2) is 6.28.